The summed E-state index contributed by atoms with van der Waals surface area (Å²) in [4.78, 5) is 53.8. The lowest BCUT2D eigenvalue weighted by molar-refractivity contribution is -0.137. The van der Waals surface area contributed by atoms with Crippen molar-refractivity contribution in [3.8, 4) is 0 Å². The first kappa shape index (κ1) is 13.1. The molecule has 0 spiro atoms. The first-order chi connectivity index (χ1) is 9.17. The second kappa shape index (κ2) is 5.56. The van der Waals surface area contributed by atoms with Crippen molar-refractivity contribution in [2.24, 2.45) is 9.98 Å². The number of rotatable bonds is 4. The standard InChI is InChI=1S/C11H12N4O4/c16-5-12-8-1-3-10(18)14(8)7-15-9(13-6-17)2-4-11(15)19/h8-9H,1-4,7H2. The summed E-state index contributed by atoms with van der Waals surface area (Å²) in [5.41, 5.74) is 0. The Balaban J connectivity index is 2.13. The Kier molecular flexibility index (Phi) is 3.85. The van der Waals surface area contributed by atoms with Crippen LogP contribution in [-0.2, 0) is 19.2 Å². The van der Waals surface area contributed by atoms with Crippen LogP contribution in [0.5, 0.6) is 0 Å². The quantitative estimate of drug-likeness (QED) is 0.505. The first-order valence-corrected chi connectivity index (χ1v) is 5.90. The molecule has 8 heteroatoms. The van der Waals surface area contributed by atoms with Crippen LogP contribution in [0, 0.1) is 0 Å². The molecule has 0 aromatic rings. The summed E-state index contributed by atoms with van der Waals surface area (Å²) < 4.78 is 0. The average molecular weight is 264 g/mol. The fourth-order valence-electron chi connectivity index (χ4n) is 2.34. The fourth-order valence-corrected chi connectivity index (χ4v) is 2.34. The van der Waals surface area contributed by atoms with Crippen LogP contribution in [0.25, 0.3) is 0 Å². The zero-order valence-corrected chi connectivity index (χ0v) is 10.1. The zero-order valence-electron chi connectivity index (χ0n) is 10.1. The molecule has 2 unspecified atom stereocenters. The molecule has 0 aliphatic carbocycles. The lowest BCUT2D eigenvalue weighted by Gasteiger charge is -2.28. The van der Waals surface area contributed by atoms with Gasteiger partial charge in [0.25, 0.3) is 0 Å². The highest BCUT2D eigenvalue weighted by Gasteiger charge is 2.37. The van der Waals surface area contributed by atoms with E-state index in [1.165, 1.54) is 22.0 Å². The smallest absolute Gasteiger partial charge is 0.237 e. The van der Waals surface area contributed by atoms with E-state index in [2.05, 4.69) is 9.98 Å². The Morgan fingerprint density at radius 3 is 1.74 bits per heavy atom. The third-order valence-corrected chi connectivity index (χ3v) is 3.30. The van der Waals surface area contributed by atoms with Crippen molar-refractivity contribution in [1.82, 2.24) is 9.80 Å². The zero-order chi connectivity index (χ0) is 13.8. The molecule has 2 rings (SSSR count). The lowest BCUT2D eigenvalue weighted by Crippen LogP contribution is -2.45. The van der Waals surface area contributed by atoms with Gasteiger partial charge in [0.1, 0.15) is 12.3 Å². The predicted octanol–water partition coefficient (Wildman–Crippen LogP) is -0.488. The van der Waals surface area contributed by atoms with Crippen LogP contribution in [0.15, 0.2) is 9.98 Å². The number of amides is 2. The summed E-state index contributed by atoms with van der Waals surface area (Å²) in [6.07, 6.45) is 3.09. The third kappa shape index (κ3) is 2.59. The van der Waals surface area contributed by atoms with Gasteiger partial charge in [0.2, 0.25) is 24.0 Å². The summed E-state index contributed by atoms with van der Waals surface area (Å²) in [6, 6.07) is 0. The van der Waals surface area contributed by atoms with Gasteiger partial charge < -0.3 is 9.80 Å². The van der Waals surface area contributed by atoms with Crippen LogP contribution in [0.3, 0.4) is 0 Å². The molecule has 8 nitrogen and oxygen atoms in total. The number of likely N-dealkylation sites (tertiary alicyclic amines) is 2. The minimum Gasteiger partial charge on any atom is -0.302 e. The molecule has 0 N–H and O–H groups in total. The maximum atomic E-state index is 11.7. The van der Waals surface area contributed by atoms with Crippen molar-refractivity contribution >= 4 is 24.0 Å². The van der Waals surface area contributed by atoms with Crippen LogP contribution in [0.1, 0.15) is 25.7 Å². The SMILES string of the molecule is O=C=NC1CCC(=O)N1CN1C(=O)CCC1N=C=O. The van der Waals surface area contributed by atoms with Crippen molar-refractivity contribution in [2.75, 3.05) is 6.67 Å². The van der Waals surface area contributed by atoms with E-state index in [4.69, 9.17) is 0 Å². The van der Waals surface area contributed by atoms with Gasteiger partial charge in [-0.15, -0.1) is 0 Å². The van der Waals surface area contributed by atoms with Gasteiger partial charge in [-0.3, -0.25) is 9.59 Å². The highest BCUT2D eigenvalue weighted by Crippen LogP contribution is 2.24. The molecular weight excluding hydrogens is 252 g/mol. The summed E-state index contributed by atoms with van der Waals surface area (Å²) in [6.45, 7) is -0.0106. The molecule has 2 aliphatic heterocycles. The molecule has 2 saturated heterocycles. The molecule has 2 heterocycles. The molecular formula is C11H12N4O4. The lowest BCUT2D eigenvalue weighted by atomic mass is 10.3. The highest BCUT2D eigenvalue weighted by molar-refractivity contribution is 5.81. The third-order valence-electron chi connectivity index (χ3n) is 3.30. The summed E-state index contributed by atoms with van der Waals surface area (Å²) >= 11 is 0. The number of nitrogens with zero attached hydrogens (tertiary/aromatic N) is 4. The monoisotopic (exact) mass is 264 g/mol. The molecule has 0 bridgehead atoms. The van der Waals surface area contributed by atoms with Crippen LogP contribution in [0.2, 0.25) is 0 Å². The van der Waals surface area contributed by atoms with Gasteiger partial charge in [-0.1, -0.05) is 0 Å². The highest BCUT2D eigenvalue weighted by atomic mass is 16.2. The number of aliphatic imine (C=N–C) groups is 2. The molecule has 2 amide bonds. The molecule has 0 aromatic heterocycles. The van der Waals surface area contributed by atoms with Crippen molar-refractivity contribution in [3.63, 3.8) is 0 Å². The van der Waals surface area contributed by atoms with Gasteiger partial charge in [0.15, 0.2) is 0 Å². The van der Waals surface area contributed by atoms with Gasteiger partial charge >= 0.3 is 0 Å². The van der Waals surface area contributed by atoms with Crippen molar-refractivity contribution in [3.05, 3.63) is 0 Å². The molecule has 0 aromatic carbocycles. The largest absolute Gasteiger partial charge is 0.302 e. The first-order valence-electron chi connectivity index (χ1n) is 5.90. The minimum atomic E-state index is -0.584. The molecule has 19 heavy (non-hydrogen) atoms. The number of hydrogen-bond acceptors (Lipinski definition) is 6. The summed E-state index contributed by atoms with van der Waals surface area (Å²) in [5.74, 6) is -0.366. The Bertz CT molecular complexity index is 449. The Hall–Kier alpha value is -2.30. The fraction of sp³-hybridized carbons (Fsp3) is 0.636. The van der Waals surface area contributed by atoms with Gasteiger partial charge in [0, 0.05) is 12.8 Å². The maximum Gasteiger partial charge on any atom is 0.237 e. The van der Waals surface area contributed by atoms with Crippen molar-refractivity contribution in [2.45, 2.75) is 38.0 Å². The molecule has 2 atom stereocenters. The predicted molar refractivity (Wildman–Crippen MR) is 60.8 cm³/mol. The topological polar surface area (TPSA) is 99.5 Å². The average Bonchev–Trinajstić information content (AvgIpc) is 2.90. The number of carbonyl (C=O) groups is 2. The van der Waals surface area contributed by atoms with Crippen LogP contribution in [-0.4, -0.2) is 52.8 Å². The van der Waals surface area contributed by atoms with E-state index in [1.54, 1.807) is 0 Å². The van der Waals surface area contributed by atoms with E-state index in [0.717, 1.165) is 0 Å². The number of isocyanates is 2. The van der Waals surface area contributed by atoms with Crippen molar-refractivity contribution in [1.29, 1.82) is 0 Å². The Labute approximate surface area is 108 Å². The molecule has 2 fully saturated rings. The maximum absolute atomic E-state index is 11.7. The van der Waals surface area contributed by atoms with E-state index >= 15 is 0 Å². The molecule has 100 valence electrons. The van der Waals surface area contributed by atoms with E-state index in [-0.39, 0.29) is 31.3 Å². The summed E-state index contributed by atoms with van der Waals surface area (Å²) in [5, 5.41) is 0. The van der Waals surface area contributed by atoms with E-state index < -0.39 is 12.3 Å². The van der Waals surface area contributed by atoms with Gasteiger partial charge in [0.05, 0.1) is 6.67 Å². The van der Waals surface area contributed by atoms with Gasteiger partial charge in [-0.05, 0) is 12.8 Å². The van der Waals surface area contributed by atoms with Crippen molar-refractivity contribution < 1.29 is 19.2 Å². The van der Waals surface area contributed by atoms with Crippen LogP contribution < -0.4 is 0 Å². The normalized spacial score (nSPS) is 26.3. The van der Waals surface area contributed by atoms with E-state index in [9.17, 15) is 19.2 Å². The summed E-state index contributed by atoms with van der Waals surface area (Å²) in [7, 11) is 0. The Morgan fingerprint density at radius 1 is 0.947 bits per heavy atom. The second-order valence-electron chi connectivity index (χ2n) is 4.35. The van der Waals surface area contributed by atoms with E-state index in [0.29, 0.717) is 12.8 Å². The van der Waals surface area contributed by atoms with Gasteiger partial charge in [-0.25, -0.2) is 9.59 Å². The number of carbonyl (C=O) groups excluding carboxylic acids is 4. The second-order valence-corrected chi connectivity index (χ2v) is 4.35. The number of hydrogen-bond donors (Lipinski definition) is 0. The van der Waals surface area contributed by atoms with Crippen LogP contribution >= 0.6 is 0 Å². The van der Waals surface area contributed by atoms with Crippen LogP contribution in [0.4, 0.5) is 0 Å². The Morgan fingerprint density at radius 2 is 1.37 bits per heavy atom. The molecule has 0 radical (unpaired) electrons. The molecule has 0 saturated carbocycles. The van der Waals surface area contributed by atoms with E-state index in [1.807, 2.05) is 0 Å². The molecule has 2 aliphatic rings. The minimum absolute atomic E-state index is 0.0106. The van der Waals surface area contributed by atoms with Gasteiger partial charge in [-0.2, -0.15) is 9.98 Å².